The molecular formula is C48H111N5O2. The average Bonchev–Trinajstić information content (AvgIpc) is 3.73. The number of piperazine rings is 1. The van der Waals surface area contributed by atoms with E-state index in [1.54, 1.807) is 0 Å². The van der Waals surface area contributed by atoms with Crippen LogP contribution in [-0.4, -0.2) is 141 Å². The molecule has 0 aromatic carbocycles. The molecule has 0 aromatic heterocycles. The van der Waals surface area contributed by atoms with Crippen molar-refractivity contribution >= 4 is 0 Å². The zero-order valence-electron chi connectivity index (χ0n) is 42.0. The molecule has 3 heterocycles. The topological polar surface area (TPSA) is 43.5 Å². The maximum absolute atomic E-state index is 5.10. The first-order valence-corrected chi connectivity index (χ1v) is 23.4. The predicted octanol–water partition coefficient (Wildman–Crippen LogP) is 11.6. The lowest BCUT2D eigenvalue weighted by molar-refractivity contribution is -0.0221. The van der Waals surface area contributed by atoms with Gasteiger partial charge >= 0.3 is 0 Å². The summed E-state index contributed by atoms with van der Waals surface area (Å²) in [4.78, 5) is 8.78. The minimum atomic E-state index is 0.833. The van der Waals surface area contributed by atoms with Gasteiger partial charge in [0.1, 0.15) is 0 Å². The summed E-state index contributed by atoms with van der Waals surface area (Å²) in [5, 5.41) is 3.27. The summed E-state index contributed by atoms with van der Waals surface area (Å²) in [5.74, 6) is 4.87. The number of nitrogens with one attached hydrogen (secondary N) is 1. The van der Waals surface area contributed by atoms with Gasteiger partial charge in [0.05, 0.1) is 26.4 Å². The number of unbranched alkanes of at least 4 members (excludes halogenated alkanes) is 1. The van der Waals surface area contributed by atoms with Crippen molar-refractivity contribution < 1.29 is 9.47 Å². The van der Waals surface area contributed by atoms with Crippen molar-refractivity contribution in [3.05, 3.63) is 0 Å². The molecule has 6 aliphatic rings. The van der Waals surface area contributed by atoms with E-state index in [1.165, 1.54) is 103 Å². The molecule has 7 heteroatoms. The Morgan fingerprint density at radius 3 is 0.964 bits per heavy atom. The minimum absolute atomic E-state index is 0.833. The summed E-state index contributed by atoms with van der Waals surface area (Å²) in [6, 6.07) is 0. The fourth-order valence-corrected chi connectivity index (χ4v) is 4.14. The Balaban J connectivity index is -0.000000168. The molecule has 0 bridgehead atoms. The van der Waals surface area contributed by atoms with E-state index in [0.29, 0.717) is 0 Å². The lowest BCUT2D eigenvalue weighted by atomic mass is 9.88. The number of morpholine rings is 1. The zero-order valence-corrected chi connectivity index (χ0v) is 42.0. The lowest BCUT2D eigenvalue weighted by Gasteiger charge is -2.21. The highest BCUT2D eigenvalue weighted by Gasteiger charge is 2.13. The van der Waals surface area contributed by atoms with Gasteiger partial charge in [0.2, 0.25) is 0 Å². The third kappa shape index (κ3) is 82.6. The van der Waals surface area contributed by atoms with Crippen LogP contribution >= 0.6 is 0 Å². The molecular weight excluding hydrogens is 679 g/mol. The van der Waals surface area contributed by atoms with Crippen LogP contribution in [0.15, 0.2) is 0 Å². The lowest BCUT2D eigenvalue weighted by Crippen LogP contribution is -2.40. The second-order valence-corrected chi connectivity index (χ2v) is 18.3. The summed E-state index contributed by atoms with van der Waals surface area (Å²) in [5.41, 5.74) is 0. The maximum Gasteiger partial charge on any atom is 0.0594 e. The van der Waals surface area contributed by atoms with Gasteiger partial charge in [0.25, 0.3) is 0 Å². The summed E-state index contributed by atoms with van der Waals surface area (Å²) < 4.78 is 9.93. The number of nitrogens with zero attached hydrogens (tertiary/aromatic N) is 4. The van der Waals surface area contributed by atoms with E-state index in [2.05, 4.69) is 131 Å². The van der Waals surface area contributed by atoms with Crippen LogP contribution in [0.25, 0.3) is 0 Å². The minimum Gasteiger partial charge on any atom is -0.381 e. The third-order valence-corrected chi connectivity index (χ3v) is 8.45. The molecule has 3 saturated carbocycles. The Morgan fingerprint density at radius 1 is 0.545 bits per heavy atom. The van der Waals surface area contributed by atoms with Crippen LogP contribution in [0.1, 0.15) is 167 Å². The molecule has 1 N–H and O–H groups in total. The van der Waals surface area contributed by atoms with E-state index in [4.69, 9.17) is 9.47 Å². The monoisotopic (exact) mass is 790 g/mol. The van der Waals surface area contributed by atoms with Gasteiger partial charge in [-0.2, -0.15) is 0 Å². The maximum atomic E-state index is 5.10. The van der Waals surface area contributed by atoms with Crippen LogP contribution in [0.2, 0.25) is 0 Å². The summed E-state index contributed by atoms with van der Waals surface area (Å²) in [6.07, 6.45) is 18.5. The van der Waals surface area contributed by atoms with Crippen LogP contribution in [0.5, 0.6) is 0 Å². The first-order chi connectivity index (χ1) is 25.9. The van der Waals surface area contributed by atoms with Crippen molar-refractivity contribution in [1.29, 1.82) is 0 Å². The normalized spacial score (nSPS) is 19.1. The molecule has 0 spiro atoms. The molecule has 6 rings (SSSR count). The molecule has 3 saturated heterocycles. The predicted molar refractivity (Wildman–Crippen MR) is 253 cm³/mol. The summed E-state index contributed by atoms with van der Waals surface area (Å²) in [7, 11) is 14.4. The van der Waals surface area contributed by atoms with Gasteiger partial charge in [-0.1, -0.05) is 160 Å². The van der Waals surface area contributed by atoms with Crippen LogP contribution in [-0.2, 0) is 9.47 Å². The SMILES string of the molecule is CC(C)C.CC1CC1.CC1CCC1.CC1CCCC1.CC1COC1.CCC.CCCC.CCCN(C)C.CN(C)C.CN1CCNCC1.CN1CCOCC1. The van der Waals surface area contributed by atoms with Crippen molar-refractivity contribution in [2.45, 2.75) is 167 Å². The number of hydrogen-bond acceptors (Lipinski definition) is 7. The highest BCUT2D eigenvalue weighted by Crippen LogP contribution is 2.26. The molecule has 0 aromatic rings. The van der Waals surface area contributed by atoms with Crippen molar-refractivity contribution in [3.8, 4) is 0 Å². The Kier molecular flexibility index (Phi) is 60.1. The van der Waals surface area contributed by atoms with Gasteiger partial charge in [-0.25, -0.2) is 0 Å². The third-order valence-electron chi connectivity index (χ3n) is 8.45. The van der Waals surface area contributed by atoms with Crippen LogP contribution < -0.4 is 5.32 Å². The van der Waals surface area contributed by atoms with E-state index in [9.17, 15) is 0 Å². The smallest absolute Gasteiger partial charge is 0.0594 e. The molecule has 0 amide bonds. The highest BCUT2D eigenvalue weighted by molar-refractivity contribution is 4.65. The Labute approximate surface area is 351 Å². The Morgan fingerprint density at radius 2 is 0.873 bits per heavy atom. The van der Waals surface area contributed by atoms with E-state index in [-0.39, 0.29) is 0 Å². The van der Waals surface area contributed by atoms with Gasteiger partial charge in [0.15, 0.2) is 0 Å². The van der Waals surface area contributed by atoms with Crippen molar-refractivity contribution in [1.82, 2.24) is 24.9 Å². The Hall–Kier alpha value is -0.280. The van der Waals surface area contributed by atoms with Crippen LogP contribution in [0, 0.1) is 29.6 Å². The standard InChI is InChI=1S/C6H12.C5H12N2.C5H11NO.C5H13N.C5H10.C4H8O.C4H8.2C4H10.C3H9N.C3H8/c1-6-4-2-3-5-6;1-7-4-2-6-3-5-7;1-6-2-4-7-5-3-6;1-4-5-6(2)3;1-5-3-2-4-5;1-4-2-5-3-4;1-4-2-3-4;1-4(2)3;1-3-4-2;1-4(2)3;1-3-2/h6H,2-5H2,1H3;6H,2-5H2,1H3;2-5H2,1H3;4-5H2,1-3H3;5H,2-4H2,1H3;4H,2-3H2,1H3;4H,2-3H2,1H3;4H,1-3H3;3-4H2,1-2H3;1-3H3;3H2,1-2H3. The average molecular weight is 790 g/mol. The van der Waals surface area contributed by atoms with E-state index >= 15 is 0 Å². The van der Waals surface area contributed by atoms with E-state index in [1.807, 2.05) is 26.0 Å². The van der Waals surface area contributed by atoms with Gasteiger partial charge in [-0.3, -0.25) is 0 Å². The van der Waals surface area contributed by atoms with E-state index in [0.717, 1.165) is 82.2 Å². The summed E-state index contributed by atoms with van der Waals surface area (Å²) >= 11 is 0. The number of ether oxygens (including phenoxy) is 2. The van der Waals surface area contributed by atoms with Gasteiger partial charge < -0.3 is 34.4 Å². The molecule has 340 valence electrons. The molecule has 3 aliphatic heterocycles. The number of rotatable bonds is 3. The highest BCUT2D eigenvalue weighted by atomic mass is 16.5. The van der Waals surface area contributed by atoms with E-state index < -0.39 is 0 Å². The fraction of sp³-hybridized carbons (Fsp3) is 1.00. The Bertz CT molecular complexity index is 580. The first kappa shape index (κ1) is 63.9. The largest absolute Gasteiger partial charge is 0.381 e. The van der Waals surface area contributed by atoms with Crippen molar-refractivity contribution in [2.75, 3.05) is 122 Å². The number of hydrogen-bond donors (Lipinski definition) is 1. The molecule has 0 unspecified atom stereocenters. The second kappa shape index (κ2) is 51.7. The molecule has 0 atom stereocenters. The van der Waals surface area contributed by atoms with Crippen LogP contribution in [0.4, 0.5) is 0 Å². The van der Waals surface area contributed by atoms with Crippen molar-refractivity contribution in [3.63, 3.8) is 0 Å². The molecule has 7 nitrogen and oxygen atoms in total. The van der Waals surface area contributed by atoms with Crippen LogP contribution in [0.3, 0.4) is 0 Å². The fourth-order valence-electron chi connectivity index (χ4n) is 4.14. The van der Waals surface area contributed by atoms with Gasteiger partial charge in [-0.15, -0.1) is 0 Å². The molecule has 0 radical (unpaired) electrons. The second-order valence-electron chi connectivity index (χ2n) is 18.3. The molecule has 3 aliphatic carbocycles. The first-order valence-electron chi connectivity index (χ1n) is 23.4. The quantitative estimate of drug-likeness (QED) is 0.305. The number of likely N-dealkylation sites (N-methyl/N-ethyl adjacent to an activating group) is 2. The summed E-state index contributed by atoms with van der Waals surface area (Å²) in [6.45, 7) is 38.3. The van der Waals surface area contributed by atoms with Gasteiger partial charge in [0, 0.05) is 45.2 Å². The van der Waals surface area contributed by atoms with Crippen molar-refractivity contribution in [2.24, 2.45) is 29.6 Å². The molecule has 6 fully saturated rings. The van der Waals surface area contributed by atoms with Gasteiger partial charge in [-0.05, 0) is 86.0 Å². The molecule has 55 heavy (non-hydrogen) atoms. The zero-order chi connectivity index (χ0) is 43.3.